The zero-order valence-electron chi connectivity index (χ0n) is 13.8. The molecule has 1 amide bonds. The third-order valence-electron chi connectivity index (χ3n) is 3.93. The number of carbonyl (C=O) groups is 1. The van der Waals surface area contributed by atoms with Crippen LogP contribution in [-0.4, -0.2) is 5.91 Å². The first-order chi connectivity index (χ1) is 10.3. The van der Waals surface area contributed by atoms with Crippen LogP contribution in [0.25, 0.3) is 0 Å². The van der Waals surface area contributed by atoms with Crippen molar-refractivity contribution in [2.45, 2.75) is 78.1 Å². The van der Waals surface area contributed by atoms with Gasteiger partial charge in [0.2, 0.25) is 5.91 Å². The number of benzene rings is 1. The fraction of sp³-hybridized carbons (Fsp3) is 0.632. The smallest absolute Gasteiger partial charge is 0.224 e. The van der Waals surface area contributed by atoms with E-state index >= 15 is 0 Å². The average molecular weight is 289 g/mol. The van der Waals surface area contributed by atoms with Crippen molar-refractivity contribution in [2.75, 3.05) is 5.32 Å². The van der Waals surface area contributed by atoms with Crippen LogP contribution in [0.15, 0.2) is 24.3 Å². The highest BCUT2D eigenvalue weighted by molar-refractivity contribution is 5.91. The van der Waals surface area contributed by atoms with E-state index < -0.39 is 0 Å². The number of para-hydroxylation sites is 1. The van der Waals surface area contributed by atoms with Crippen molar-refractivity contribution in [1.82, 2.24) is 0 Å². The predicted molar refractivity (Wildman–Crippen MR) is 91.7 cm³/mol. The van der Waals surface area contributed by atoms with Gasteiger partial charge in [-0.25, -0.2) is 0 Å². The van der Waals surface area contributed by atoms with Gasteiger partial charge in [0, 0.05) is 12.1 Å². The van der Waals surface area contributed by atoms with E-state index in [1.54, 1.807) is 0 Å². The molecule has 2 nitrogen and oxygen atoms in total. The van der Waals surface area contributed by atoms with E-state index in [1.807, 2.05) is 18.2 Å². The molecule has 0 saturated heterocycles. The minimum atomic E-state index is 0.155. The average Bonchev–Trinajstić information content (AvgIpc) is 2.50. The lowest BCUT2D eigenvalue weighted by molar-refractivity contribution is -0.116. The lowest BCUT2D eigenvalue weighted by Gasteiger charge is -2.09. The summed E-state index contributed by atoms with van der Waals surface area (Å²) in [7, 11) is 0. The van der Waals surface area contributed by atoms with Crippen LogP contribution in [0.5, 0.6) is 0 Å². The molecule has 0 aromatic heterocycles. The highest BCUT2D eigenvalue weighted by atomic mass is 16.1. The van der Waals surface area contributed by atoms with Gasteiger partial charge in [-0.05, 0) is 24.5 Å². The summed E-state index contributed by atoms with van der Waals surface area (Å²) < 4.78 is 0. The van der Waals surface area contributed by atoms with Crippen LogP contribution in [0.3, 0.4) is 0 Å². The second-order valence-corrected chi connectivity index (χ2v) is 5.78. The molecule has 1 aromatic rings. The van der Waals surface area contributed by atoms with Crippen LogP contribution in [0.2, 0.25) is 0 Å². The van der Waals surface area contributed by atoms with Crippen molar-refractivity contribution in [1.29, 1.82) is 0 Å². The lowest BCUT2D eigenvalue weighted by Crippen LogP contribution is -2.12. The maximum Gasteiger partial charge on any atom is 0.224 e. The third-order valence-corrected chi connectivity index (χ3v) is 3.93. The number of nitrogens with one attached hydrogen (secondary N) is 1. The molecule has 0 bridgehead atoms. The first-order valence-electron chi connectivity index (χ1n) is 8.65. The van der Waals surface area contributed by atoms with Gasteiger partial charge in [-0.1, -0.05) is 77.0 Å². The fourth-order valence-electron chi connectivity index (χ4n) is 2.58. The molecule has 2 heteroatoms. The summed E-state index contributed by atoms with van der Waals surface area (Å²) in [6.45, 7) is 4.36. The van der Waals surface area contributed by atoms with Gasteiger partial charge in [-0.3, -0.25) is 4.79 Å². The number of hydrogen-bond acceptors (Lipinski definition) is 1. The monoisotopic (exact) mass is 289 g/mol. The van der Waals surface area contributed by atoms with Gasteiger partial charge in [-0.15, -0.1) is 0 Å². The molecule has 0 atom stereocenters. The quantitative estimate of drug-likeness (QED) is 0.519. The zero-order valence-corrected chi connectivity index (χ0v) is 13.8. The molecule has 0 fully saturated rings. The van der Waals surface area contributed by atoms with Crippen molar-refractivity contribution in [3.05, 3.63) is 29.8 Å². The third kappa shape index (κ3) is 7.89. The molecular weight excluding hydrogens is 258 g/mol. The highest BCUT2D eigenvalue weighted by Gasteiger charge is 2.05. The molecule has 1 rings (SSSR count). The Balaban J connectivity index is 2.11. The van der Waals surface area contributed by atoms with Gasteiger partial charge in [0.05, 0.1) is 0 Å². The largest absolute Gasteiger partial charge is 0.326 e. The lowest BCUT2D eigenvalue weighted by atomic mass is 10.1. The SMILES string of the molecule is CCCCCCCCCCC(=O)Nc1ccccc1CC. The van der Waals surface area contributed by atoms with Crippen molar-refractivity contribution in [2.24, 2.45) is 0 Å². The van der Waals surface area contributed by atoms with Gasteiger partial charge in [-0.2, -0.15) is 0 Å². The minimum absolute atomic E-state index is 0.155. The first-order valence-corrected chi connectivity index (χ1v) is 8.65. The number of rotatable bonds is 11. The number of anilines is 1. The molecule has 0 spiro atoms. The number of hydrogen-bond donors (Lipinski definition) is 1. The van der Waals surface area contributed by atoms with E-state index in [-0.39, 0.29) is 5.91 Å². The summed E-state index contributed by atoms with van der Waals surface area (Å²) in [5.41, 5.74) is 2.19. The summed E-state index contributed by atoms with van der Waals surface area (Å²) in [5.74, 6) is 0.155. The second-order valence-electron chi connectivity index (χ2n) is 5.78. The van der Waals surface area contributed by atoms with Crippen LogP contribution in [0.4, 0.5) is 5.69 Å². The van der Waals surface area contributed by atoms with E-state index in [0.29, 0.717) is 6.42 Å². The predicted octanol–water partition coefficient (Wildman–Crippen LogP) is 5.72. The molecule has 0 saturated carbocycles. The van der Waals surface area contributed by atoms with Crippen LogP contribution in [0.1, 0.15) is 77.2 Å². The number of unbranched alkanes of at least 4 members (excludes halogenated alkanes) is 7. The standard InChI is InChI=1S/C19H31NO/c1-3-5-6-7-8-9-10-11-16-19(21)20-18-15-13-12-14-17(18)4-2/h12-15H,3-11,16H2,1-2H3,(H,20,21). The maximum atomic E-state index is 11.9. The van der Waals surface area contributed by atoms with E-state index in [1.165, 1.54) is 50.5 Å². The van der Waals surface area contributed by atoms with Gasteiger partial charge >= 0.3 is 0 Å². The topological polar surface area (TPSA) is 29.1 Å². The molecule has 0 aliphatic heterocycles. The van der Waals surface area contributed by atoms with E-state index in [0.717, 1.165) is 18.5 Å². The Kier molecular flexibility index (Phi) is 9.60. The Hall–Kier alpha value is -1.31. The van der Waals surface area contributed by atoms with Crippen LogP contribution in [-0.2, 0) is 11.2 Å². The molecule has 0 aliphatic rings. The van der Waals surface area contributed by atoms with E-state index in [9.17, 15) is 4.79 Å². The van der Waals surface area contributed by atoms with Crippen LogP contribution in [0, 0.1) is 0 Å². The number of carbonyl (C=O) groups excluding carboxylic acids is 1. The molecular formula is C19H31NO. The molecule has 1 aromatic carbocycles. The van der Waals surface area contributed by atoms with Crippen LogP contribution >= 0.6 is 0 Å². The van der Waals surface area contributed by atoms with Gasteiger partial charge < -0.3 is 5.32 Å². The van der Waals surface area contributed by atoms with Gasteiger partial charge in [0.15, 0.2) is 0 Å². The molecule has 21 heavy (non-hydrogen) atoms. The fourth-order valence-corrected chi connectivity index (χ4v) is 2.58. The Morgan fingerprint density at radius 1 is 0.905 bits per heavy atom. The van der Waals surface area contributed by atoms with Crippen molar-refractivity contribution in [3.63, 3.8) is 0 Å². The van der Waals surface area contributed by atoms with Crippen molar-refractivity contribution < 1.29 is 4.79 Å². The summed E-state index contributed by atoms with van der Waals surface area (Å²) in [6.07, 6.45) is 11.8. The Bertz CT molecular complexity index is 400. The van der Waals surface area contributed by atoms with Gasteiger partial charge in [0.25, 0.3) is 0 Å². The minimum Gasteiger partial charge on any atom is -0.326 e. The summed E-state index contributed by atoms with van der Waals surface area (Å²) >= 11 is 0. The van der Waals surface area contributed by atoms with E-state index in [2.05, 4.69) is 25.2 Å². The normalized spacial score (nSPS) is 10.6. The molecule has 0 radical (unpaired) electrons. The van der Waals surface area contributed by atoms with Crippen molar-refractivity contribution >= 4 is 11.6 Å². The second kappa shape index (κ2) is 11.4. The number of aryl methyl sites for hydroxylation is 1. The van der Waals surface area contributed by atoms with E-state index in [4.69, 9.17) is 0 Å². The Morgan fingerprint density at radius 3 is 2.19 bits per heavy atom. The Labute approximate surface area is 130 Å². The van der Waals surface area contributed by atoms with Crippen LogP contribution < -0.4 is 5.32 Å². The first kappa shape index (κ1) is 17.7. The molecule has 0 heterocycles. The zero-order chi connectivity index (χ0) is 15.3. The summed E-state index contributed by atoms with van der Waals surface area (Å²) in [4.78, 5) is 11.9. The molecule has 1 N–H and O–H groups in total. The molecule has 0 unspecified atom stereocenters. The molecule has 0 aliphatic carbocycles. The summed E-state index contributed by atoms with van der Waals surface area (Å²) in [6, 6.07) is 8.06. The Morgan fingerprint density at radius 2 is 1.52 bits per heavy atom. The summed E-state index contributed by atoms with van der Waals surface area (Å²) in [5, 5.41) is 3.04. The highest BCUT2D eigenvalue weighted by Crippen LogP contribution is 2.16. The maximum absolute atomic E-state index is 11.9. The van der Waals surface area contributed by atoms with Gasteiger partial charge in [0.1, 0.15) is 0 Å². The molecule has 118 valence electrons. The number of amides is 1. The van der Waals surface area contributed by atoms with Crippen molar-refractivity contribution in [3.8, 4) is 0 Å².